The highest BCUT2D eigenvalue weighted by Gasteiger charge is 2.14. The lowest BCUT2D eigenvalue weighted by molar-refractivity contribution is -0.148. The van der Waals surface area contributed by atoms with Crippen molar-refractivity contribution in [2.75, 3.05) is 7.11 Å². The lowest BCUT2D eigenvalue weighted by Crippen LogP contribution is -2.22. The molecular weight excluding hydrogens is 294 g/mol. The Bertz CT molecular complexity index is 750. The van der Waals surface area contributed by atoms with Gasteiger partial charge >= 0.3 is 11.9 Å². The predicted molar refractivity (Wildman–Crippen MR) is 88.8 cm³/mol. The molecule has 0 aliphatic heterocycles. The maximum absolute atomic E-state index is 11.7. The summed E-state index contributed by atoms with van der Waals surface area (Å²) >= 11 is 0. The standard InChI is InChI=1S/C18H21NO4/c1-18(2,3)23-16(20)8-10-19-9-7-14-11-13(5-6-15(14)19)12-17(21)22-4/h5-11H,12H2,1-4H3/b10-8+. The van der Waals surface area contributed by atoms with Gasteiger partial charge < -0.3 is 14.0 Å². The Balaban J connectivity index is 2.17. The molecule has 2 rings (SSSR count). The van der Waals surface area contributed by atoms with Crippen LogP contribution in [0.15, 0.2) is 36.5 Å². The van der Waals surface area contributed by atoms with E-state index in [0.29, 0.717) is 0 Å². The van der Waals surface area contributed by atoms with Crippen LogP contribution < -0.4 is 0 Å². The van der Waals surface area contributed by atoms with Crippen molar-refractivity contribution in [2.24, 2.45) is 0 Å². The fraction of sp³-hybridized carbons (Fsp3) is 0.333. The van der Waals surface area contributed by atoms with Crippen LogP contribution in [0.4, 0.5) is 0 Å². The van der Waals surface area contributed by atoms with Gasteiger partial charge in [0.1, 0.15) is 5.60 Å². The molecule has 0 aliphatic rings. The number of carbonyl (C=O) groups is 2. The first-order chi connectivity index (χ1) is 10.8. The maximum atomic E-state index is 11.7. The zero-order valence-corrected chi connectivity index (χ0v) is 13.8. The minimum absolute atomic E-state index is 0.241. The van der Waals surface area contributed by atoms with Crippen molar-refractivity contribution < 1.29 is 19.1 Å². The summed E-state index contributed by atoms with van der Waals surface area (Å²) in [5, 5.41) is 0.986. The average Bonchev–Trinajstić information content (AvgIpc) is 2.85. The molecule has 1 aromatic heterocycles. The molecule has 0 bridgehead atoms. The van der Waals surface area contributed by atoms with E-state index in [0.717, 1.165) is 16.5 Å². The van der Waals surface area contributed by atoms with Gasteiger partial charge in [0.05, 0.1) is 19.0 Å². The number of carbonyl (C=O) groups excluding carboxylic acids is 2. The van der Waals surface area contributed by atoms with Crippen molar-refractivity contribution in [2.45, 2.75) is 32.8 Å². The number of fused-ring (bicyclic) bond motifs is 1. The SMILES string of the molecule is COC(=O)Cc1ccc2c(ccn2/C=C/C(=O)OC(C)(C)C)c1. The van der Waals surface area contributed by atoms with E-state index in [9.17, 15) is 9.59 Å². The summed E-state index contributed by atoms with van der Waals surface area (Å²) < 4.78 is 11.7. The molecule has 0 amide bonds. The molecular formula is C18H21NO4. The van der Waals surface area contributed by atoms with Crippen LogP contribution >= 0.6 is 0 Å². The molecule has 0 spiro atoms. The van der Waals surface area contributed by atoms with Gasteiger partial charge in [0.15, 0.2) is 0 Å². The molecule has 23 heavy (non-hydrogen) atoms. The van der Waals surface area contributed by atoms with Crippen LogP contribution in [-0.4, -0.2) is 29.2 Å². The fourth-order valence-electron chi connectivity index (χ4n) is 2.17. The van der Waals surface area contributed by atoms with Gasteiger partial charge in [-0.15, -0.1) is 0 Å². The van der Waals surface area contributed by atoms with Crippen LogP contribution in [0.25, 0.3) is 17.1 Å². The van der Waals surface area contributed by atoms with E-state index in [-0.39, 0.29) is 18.4 Å². The number of esters is 2. The summed E-state index contributed by atoms with van der Waals surface area (Å²) in [5.74, 6) is -0.657. The van der Waals surface area contributed by atoms with E-state index in [4.69, 9.17) is 4.74 Å². The zero-order chi connectivity index (χ0) is 17.0. The smallest absolute Gasteiger partial charge is 0.332 e. The normalized spacial score (nSPS) is 11.8. The Labute approximate surface area is 135 Å². The second-order valence-corrected chi connectivity index (χ2v) is 6.22. The first-order valence-electron chi connectivity index (χ1n) is 7.36. The second kappa shape index (κ2) is 6.69. The highest BCUT2D eigenvalue weighted by molar-refractivity contribution is 5.88. The minimum atomic E-state index is -0.511. The molecule has 0 aliphatic carbocycles. The average molecular weight is 315 g/mol. The fourth-order valence-corrected chi connectivity index (χ4v) is 2.17. The van der Waals surface area contributed by atoms with E-state index >= 15 is 0 Å². The highest BCUT2D eigenvalue weighted by Crippen LogP contribution is 2.19. The molecule has 0 unspecified atom stereocenters. The predicted octanol–water partition coefficient (Wildman–Crippen LogP) is 3.17. The van der Waals surface area contributed by atoms with Gasteiger partial charge in [0.25, 0.3) is 0 Å². The number of hydrogen-bond acceptors (Lipinski definition) is 4. The molecule has 1 heterocycles. The van der Waals surface area contributed by atoms with E-state index < -0.39 is 5.60 Å². The molecule has 0 radical (unpaired) electrons. The number of ether oxygens (including phenoxy) is 2. The number of aromatic nitrogens is 1. The van der Waals surface area contributed by atoms with Crippen LogP contribution in [0.2, 0.25) is 0 Å². The first kappa shape index (κ1) is 16.8. The van der Waals surface area contributed by atoms with E-state index in [1.807, 2.05) is 55.8 Å². The molecule has 1 aromatic carbocycles. The van der Waals surface area contributed by atoms with Crippen LogP contribution in [0.5, 0.6) is 0 Å². The van der Waals surface area contributed by atoms with Gasteiger partial charge in [-0.2, -0.15) is 0 Å². The first-order valence-corrected chi connectivity index (χ1v) is 7.36. The Hall–Kier alpha value is -2.56. The quantitative estimate of drug-likeness (QED) is 0.642. The lowest BCUT2D eigenvalue weighted by Gasteiger charge is -2.17. The summed E-state index contributed by atoms with van der Waals surface area (Å²) in [4.78, 5) is 23.0. The van der Waals surface area contributed by atoms with E-state index in [1.54, 1.807) is 6.20 Å². The Morgan fingerprint density at radius 1 is 1.22 bits per heavy atom. The molecule has 0 atom stereocenters. The number of benzene rings is 1. The van der Waals surface area contributed by atoms with E-state index in [1.165, 1.54) is 13.2 Å². The van der Waals surface area contributed by atoms with Crippen LogP contribution in [-0.2, 0) is 25.5 Å². The van der Waals surface area contributed by atoms with Gasteiger partial charge in [-0.3, -0.25) is 4.79 Å². The summed E-state index contributed by atoms with van der Waals surface area (Å²) in [5.41, 5.74) is 1.32. The highest BCUT2D eigenvalue weighted by atomic mass is 16.6. The topological polar surface area (TPSA) is 57.5 Å². The van der Waals surface area contributed by atoms with Crippen LogP contribution in [0.1, 0.15) is 26.3 Å². The third-order valence-electron chi connectivity index (χ3n) is 3.14. The molecule has 0 saturated carbocycles. The number of nitrogens with zero attached hydrogens (tertiary/aromatic N) is 1. The summed E-state index contributed by atoms with van der Waals surface area (Å²) in [6.07, 6.45) is 5.16. The van der Waals surface area contributed by atoms with Gasteiger partial charge in [0.2, 0.25) is 0 Å². The minimum Gasteiger partial charge on any atom is -0.469 e. The number of methoxy groups -OCH3 is 1. The van der Waals surface area contributed by atoms with Crippen molar-refractivity contribution >= 4 is 29.0 Å². The molecule has 122 valence electrons. The Morgan fingerprint density at radius 2 is 1.96 bits per heavy atom. The Morgan fingerprint density at radius 3 is 2.61 bits per heavy atom. The summed E-state index contributed by atoms with van der Waals surface area (Å²) in [6.45, 7) is 5.48. The van der Waals surface area contributed by atoms with Gasteiger partial charge in [-0.25, -0.2) is 4.79 Å². The van der Waals surface area contributed by atoms with Crippen LogP contribution in [0.3, 0.4) is 0 Å². The van der Waals surface area contributed by atoms with Gasteiger partial charge in [-0.1, -0.05) is 6.07 Å². The third kappa shape index (κ3) is 4.71. The Kier molecular flexibility index (Phi) is 4.89. The lowest BCUT2D eigenvalue weighted by atomic mass is 10.1. The third-order valence-corrected chi connectivity index (χ3v) is 3.14. The van der Waals surface area contributed by atoms with Crippen molar-refractivity contribution in [3.63, 3.8) is 0 Å². The number of rotatable bonds is 4. The van der Waals surface area contributed by atoms with E-state index in [2.05, 4.69) is 4.74 Å². The molecule has 2 aromatic rings. The zero-order valence-electron chi connectivity index (χ0n) is 13.8. The van der Waals surface area contributed by atoms with Gasteiger partial charge in [-0.05, 0) is 44.5 Å². The molecule has 5 heteroatoms. The largest absolute Gasteiger partial charge is 0.469 e. The maximum Gasteiger partial charge on any atom is 0.332 e. The van der Waals surface area contributed by atoms with Crippen LogP contribution in [0, 0.1) is 0 Å². The van der Waals surface area contributed by atoms with Crippen molar-refractivity contribution in [1.29, 1.82) is 0 Å². The second-order valence-electron chi connectivity index (χ2n) is 6.22. The molecule has 0 fully saturated rings. The molecule has 0 N–H and O–H groups in total. The van der Waals surface area contributed by atoms with Crippen molar-refractivity contribution in [3.8, 4) is 0 Å². The monoisotopic (exact) mass is 315 g/mol. The summed E-state index contributed by atoms with van der Waals surface area (Å²) in [6, 6.07) is 7.64. The summed E-state index contributed by atoms with van der Waals surface area (Å²) in [7, 11) is 1.37. The van der Waals surface area contributed by atoms with Crippen molar-refractivity contribution in [1.82, 2.24) is 4.57 Å². The molecule has 5 nitrogen and oxygen atoms in total. The number of hydrogen-bond donors (Lipinski definition) is 0. The molecule has 0 saturated heterocycles. The van der Waals surface area contributed by atoms with Crippen molar-refractivity contribution in [3.05, 3.63) is 42.1 Å². The van der Waals surface area contributed by atoms with Gasteiger partial charge in [0, 0.05) is 23.9 Å².